The first-order valence-corrected chi connectivity index (χ1v) is 7.00. The van der Waals surface area contributed by atoms with Crippen LogP contribution in [0.2, 0.25) is 5.28 Å². The fourth-order valence-corrected chi connectivity index (χ4v) is 1.42. The quantitative estimate of drug-likeness (QED) is 0.729. The highest BCUT2D eigenvalue weighted by molar-refractivity contribution is 6.28. The van der Waals surface area contributed by atoms with Crippen molar-refractivity contribution >= 4 is 29.5 Å². The molecule has 7 nitrogen and oxygen atoms in total. The van der Waals surface area contributed by atoms with Crippen molar-refractivity contribution in [1.29, 1.82) is 0 Å². The Labute approximate surface area is 134 Å². The smallest absolute Gasteiger partial charge is 0.424 e. The van der Waals surface area contributed by atoms with Gasteiger partial charge in [-0.2, -0.15) is 4.90 Å². The first-order valence-electron chi connectivity index (χ1n) is 6.63. The molecule has 2 amide bonds. The van der Waals surface area contributed by atoms with Crippen molar-refractivity contribution < 1.29 is 19.1 Å². The number of hydrogen-bond donors (Lipinski definition) is 0. The highest BCUT2D eigenvalue weighted by Gasteiger charge is 2.33. The Balaban J connectivity index is 3.12. The summed E-state index contributed by atoms with van der Waals surface area (Å²) >= 11 is 5.62. The lowest BCUT2D eigenvalue weighted by molar-refractivity contribution is 0.0430. The van der Waals surface area contributed by atoms with Crippen LogP contribution in [0.1, 0.15) is 41.5 Å². The van der Waals surface area contributed by atoms with E-state index in [4.69, 9.17) is 21.1 Å². The Morgan fingerprint density at radius 2 is 1.32 bits per heavy atom. The molecule has 0 atom stereocenters. The van der Waals surface area contributed by atoms with E-state index in [0.29, 0.717) is 0 Å². The molecule has 0 unspecified atom stereocenters. The van der Waals surface area contributed by atoms with Crippen LogP contribution in [-0.4, -0.2) is 33.4 Å². The lowest BCUT2D eigenvalue weighted by Crippen LogP contribution is -2.43. The van der Waals surface area contributed by atoms with E-state index in [9.17, 15) is 9.59 Å². The third kappa shape index (κ3) is 5.85. The van der Waals surface area contributed by atoms with E-state index in [2.05, 4.69) is 9.97 Å². The molecule has 0 saturated carbocycles. The van der Waals surface area contributed by atoms with Crippen LogP contribution in [0.3, 0.4) is 0 Å². The van der Waals surface area contributed by atoms with Gasteiger partial charge in [0.15, 0.2) is 0 Å². The summed E-state index contributed by atoms with van der Waals surface area (Å²) in [5.41, 5.74) is -1.44. The van der Waals surface area contributed by atoms with Gasteiger partial charge in [0.05, 0.1) is 18.1 Å². The molecular weight excluding hydrogens is 310 g/mol. The van der Waals surface area contributed by atoms with Crippen LogP contribution in [0.15, 0.2) is 12.4 Å². The predicted octanol–water partition coefficient (Wildman–Crippen LogP) is 3.81. The fraction of sp³-hybridized carbons (Fsp3) is 0.571. The number of amides is 2. The SMILES string of the molecule is CC(C)(C)OC(=O)N(C(=O)OC(C)(C)C)c1cnc(Cl)nc1. The number of halogens is 1. The summed E-state index contributed by atoms with van der Waals surface area (Å²) in [7, 11) is 0. The molecule has 0 aliphatic heterocycles. The first-order chi connectivity index (χ1) is 9.89. The third-order valence-corrected chi connectivity index (χ3v) is 2.21. The van der Waals surface area contributed by atoms with Crippen molar-refractivity contribution in [2.45, 2.75) is 52.7 Å². The molecule has 0 bridgehead atoms. The lowest BCUT2D eigenvalue weighted by Gasteiger charge is -2.28. The van der Waals surface area contributed by atoms with Crippen LogP contribution in [0.4, 0.5) is 15.3 Å². The molecule has 0 spiro atoms. The summed E-state index contributed by atoms with van der Waals surface area (Å²) in [6.07, 6.45) is 0.715. The van der Waals surface area contributed by atoms with Crippen LogP contribution < -0.4 is 4.90 Å². The minimum absolute atomic E-state index is 0.00271. The van der Waals surface area contributed by atoms with E-state index >= 15 is 0 Å². The number of anilines is 1. The van der Waals surface area contributed by atoms with E-state index in [1.807, 2.05) is 0 Å². The van der Waals surface area contributed by atoms with Gasteiger partial charge in [0.25, 0.3) is 0 Å². The number of ether oxygens (including phenoxy) is 2. The van der Waals surface area contributed by atoms with Gasteiger partial charge in [-0.1, -0.05) is 0 Å². The number of rotatable bonds is 1. The average molecular weight is 330 g/mol. The third-order valence-electron chi connectivity index (χ3n) is 2.02. The van der Waals surface area contributed by atoms with E-state index in [-0.39, 0.29) is 11.0 Å². The second-order valence-electron chi connectivity index (χ2n) is 6.51. The monoisotopic (exact) mass is 329 g/mol. The summed E-state index contributed by atoms with van der Waals surface area (Å²) in [4.78, 5) is 32.8. The second-order valence-corrected chi connectivity index (χ2v) is 6.84. The summed E-state index contributed by atoms with van der Waals surface area (Å²) < 4.78 is 10.4. The van der Waals surface area contributed by atoms with E-state index in [1.54, 1.807) is 41.5 Å². The molecule has 1 aromatic heterocycles. The molecule has 1 aromatic rings. The number of carbonyl (C=O) groups is 2. The Bertz CT molecular complexity index is 519. The van der Waals surface area contributed by atoms with Gasteiger partial charge in [-0.05, 0) is 53.1 Å². The summed E-state index contributed by atoms with van der Waals surface area (Å²) in [6, 6.07) is 0. The van der Waals surface area contributed by atoms with Crippen LogP contribution in [0.25, 0.3) is 0 Å². The van der Waals surface area contributed by atoms with Crippen molar-refractivity contribution in [2.75, 3.05) is 4.90 Å². The zero-order chi connectivity index (χ0) is 17.1. The molecule has 0 saturated heterocycles. The highest BCUT2D eigenvalue weighted by Crippen LogP contribution is 2.21. The zero-order valence-electron chi connectivity index (χ0n) is 13.5. The van der Waals surface area contributed by atoms with Gasteiger partial charge in [-0.25, -0.2) is 19.6 Å². The standard InChI is InChI=1S/C14H20ClN3O4/c1-13(2,3)21-11(19)18(12(20)22-14(4,5)6)9-7-16-10(15)17-8-9/h7-8H,1-6H3. The van der Waals surface area contributed by atoms with Crippen molar-refractivity contribution in [3.8, 4) is 0 Å². The molecule has 0 aliphatic rings. The van der Waals surface area contributed by atoms with Gasteiger partial charge >= 0.3 is 12.2 Å². The van der Waals surface area contributed by atoms with Crippen molar-refractivity contribution in [3.05, 3.63) is 17.7 Å². The fourth-order valence-electron chi connectivity index (χ4n) is 1.32. The number of nitrogens with zero attached hydrogens (tertiary/aromatic N) is 3. The normalized spacial score (nSPS) is 11.8. The summed E-state index contributed by atoms with van der Waals surface area (Å²) in [5, 5.41) is -0.00271. The molecule has 0 radical (unpaired) electrons. The number of hydrogen-bond acceptors (Lipinski definition) is 6. The van der Waals surface area contributed by atoms with Crippen LogP contribution in [0, 0.1) is 0 Å². The summed E-state index contributed by atoms with van der Waals surface area (Å²) in [6.45, 7) is 10.1. The maximum atomic E-state index is 12.3. The van der Waals surface area contributed by atoms with Gasteiger partial charge < -0.3 is 9.47 Å². The van der Waals surface area contributed by atoms with Gasteiger partial charge in [-0.3, -0.25) is 0 Å². The van der Waals surface area contributed by atoms with Crippen LogP contribution in [0.5, 0.6) is 0 Å². The molecule has 1 heterocycles. The lowest BCUT2D eigenvalue weighted by atomic mass is 10.2. The largest absolute Gasteiger partial charge is 0.443 e. The van der Waals surface area contributed by atoms with Crippen molar-refractivity contribution in [1.82, 2.24) is 9.97 Å². The van der Waals surface area contributed by atoms with Crippen molar-refractivity contribution in [3.63, 3.8) is 0 Å². The Hall–Kier alpha value is -1.89. The first kappa shape index (κ1) is 18.2. The second kappa shape index (κ2) is 6.48. The molecular formula is C14H20ClN3O4. The predicted molar refractivity (Wildman–Crippen MR) is 82.0 cm³/mol. The Morgan fingerprint density at radius 3 is 1.64 bits per heavy atom. The van der Waals surface area contributed by atoms with E-state index in [1.165, 1.54) is 12.4 Å². The van der Waals surface area contributed by atoms with E-state index < -0.39 is 23.4 Å². The number of carbonyl (C=O) groups excluding carboxylic acids is 2. The Kier molecular flexibility index (Phi) is 5.35. The molecule has 122 valence electrons. The molecule has 0 aromatic carbocycles. The molecule has 0 fully saturated rings. The maximum Gasteiger partial charge on any atom is 0.424 e. The average Bonchev–Trinajstić information content (AvgIpc) is 2.27. The van der Waals surface area contributed by atoms with Crippen LogP contribution in [-0.2, 0) is 9.47 Å². The topological polar surface area (TPSA) is 81.6 Å². The van der Waals surface area contributed by atoms with Gasteiger partial charge in [0.2, 0.25) is 5.28 Å². The van der Waals surface area contributed by atoms with Gasteiger partial charge in [0.1, 0.15) is 11.2 Å². The molecule has 22 heavy (non-hydrogen) atoms. The number of aromatic nitrogens is 2. The minimum Gasteiger partial charge on any atom is -0.443 e. The molecule has 0 N–H and O–H groups in total. The molecule has 1 rings (SSSR count). The van der Waals surface area contributed by atoms with Gasteiger partial charge in [-0.15, -0.1) is 0 Å². The molecule has 8 heteroatoms. The highest BCUT2D eigenvalue weighted by atomic mass is 35.5. The van der Waals surface area contributed by atoms with Gasteiger partial charge in [0, 0.05) is 0 Å². The maximum absolute atomic E-state index is 12.3. The van der Waals surface area contributed by atoms with E-state index in [0.717, 1.165) is 4.90 Å². The number of imide groups is 1. The van der Waals surface area contributed by atoms with Crippen molar-refractivity contribution in [2.24, 2.45) is 0 Å². The summed E-state index contributed by atoms with van der Waals surface area (Å²) in [5.74, 6) is 0. The van der Waals surface area contributed by atoms with Crippen LogP contribution >= 0.6 is 11.6 Å². The minimum atomic E-state index is -0.882. The Morgan fingerprint density at radius 1 is 0.955 bits per heavy atom. The zero-order valence-corrected chi connectivity index (χ0v) is 14.3. The molecule has 0 aliphatic carbocycles.